The minimum Gasteiger partial charge on any atom is -0.481 e. The van der Waals surface area contributed by atoms with E-state index in [0.717, 1.165) is 31.2 Å². The molecule has 0 radical (unpaired) electrons. The highest BCUT2D eigenvalue weighted by Crippen LogP contribution is 2.39. The molecule has 0 atom stereocenters. The molecule has 16 heavy (non-hydrogen) atoms. The summed E-state index contributed by atoms with van der Waals surface area (Å²) in [6, 6.07) is 9.67. The molecule has 0 heterocycles. The maximum absolute atomic E-state index is 11.5. The summed E-state index contributed by atoms with van der Waals surface area (Å²) in [7, 11) is 0. The Morgan fingerprint density at radius 1 is 1.06 bits per heavy atom. The van der Waals surface area contributed by atoms with Crippen LogP contribution in [0.5, 0.6) is 0 Å². The van der Waals surface area contributed by atoms with Gasteiger partial charge < -0.3 is 5.11 Å². The van der Waals surface area contributed by atoms with E-state index in [9.17, 15) is 9.90 Å². The Hall–Kier alpha value is -1.02. The first-order valence-corrected chi connectivity index (χ1v) is 5.55. The highest BCUT2D eigenvalue weighted by molar-refractivity contribution is 5.85. The fraction of sp³-hybridized carbons (Fsp3) is 0.462. The van der Waals surface area contributed by atoms with Gasteiger partial charge in [-0.25, -0.2) is 0 Å². The lowest BCUT2D eigenvalue weighted by molar-refractivity contribution is -0.145. The average Bonchev–Trinajstić information content (AvgIpc) is 2.31. The van der Waals surface area contributed by atoms with Gasteiger partial charge in [-0.1, -0.05) is 49.6 Å². The van der Waals surface area contributed by atoms with Gasteiger partial charge in [0.25, 0.3) is 0 Å². The molecule has 0 aliphatic heterocycles. The second-order valence-corrected chi connectivity index (χ2v) is 4.31. The monoisotopic (exact) mass is 240 g/mol. The molecule has 0 saturated heterocycles. The molecule has 1 aromatic carbocycles. The van der Waals surface area contributed by atoms with Crippen LogP contribution in [-0.2, 0) is 10.2 Å². The van der Waals surface area contributed by atoms with E-state index < -0.39 is 11.4 Å². The van der Waals surface area contributed by atoms with E-state index >= 15 is 0 Å². The largest absolute Gasteiger partial charge is 0.481 e. The van der Waals surface area contributed by atoms with Gasteiger partial charge in [-0.2, -0.15) is 0 Å². The lowest BCUT2D eigenvalue weighted by Gasteiger charge is -2.33. The molecular weight excluding hydrogens is 224 g/mol. The molecule has 2 rings (SSSR count). The maximum atomic E-state index is 11.5. The normalized spacial score (nSPS) is 18.5. The third kappa shape index (κ3) is 2.22. The Kier molecular flexibility index (Phi) is 4.36. The Labute approximate surface area is 102 Å². The molecule has 88 valence electrons. The third-order valence-corrected chi connectivity index (χ3v) is 3.44. The molecule has 1 saturated carbocycles. The van der Waals surface area contributed by atoms with Crippen molar-refractivity contribution in [1.82, 2.24) is 0 Å². The van der Waals surface area contributed by atoms with Crippen molar-refractivity contribution < 1.29 is 9.90 Å². The molecule has 0 spiro atoms. The fourth-order valence-electron chi connectivity index (χ4n) is 2.54. The number of aliphatic carboxylic acids is 1. The number of carboxylic acid groups (broad SMARTS) is 1. The summed E-state index contributed by atoms with van der Waals surface area (Å²) >= 11 is 0. The number of carbonyl (C=O) groups is 1. The van der Waals surface area contributed by atoms with Crippen LogP contribution in [0.25, 0.3) is 0 Å². The molecule has 3 heteroatoms. The average molecular weight is 241 g/mol. The Balaban J connectivity index is 0.00000128. The van der Waals surface area contributed by atoms with Gasteiger partial charge in [0.1, 0.15) is 0 Å². The van der Waals surface area contributed by atoms with E-state index in [-0.39, 0.29) is 12.4 Å². The highest BCUT2D eigenvalue weighted by Gasteiger charge is 2.40. The summed E-state index contributed by atoms with van der Waals surface area (Å²) in [4.78, 5) is 11.5. The van der Waals surface area contributed by atoms with E-state index in [1.807, 2.05) is 30.3 Å². The van der Waals surface area contributed by atoms with Crippen molar-refractivity contribution in [2.45, 2.75) is 37.5 Å². The van der Waals surface area contributed by atoms with Gasteiger partial charge in [0.05, 0.1) is 5.41 Å². The van der Waals surface area contributed by atoms with E-state index in [4.69, 9.17) is 0 Å². The Morgan fingerprint density at radius 3 is 2.12 bits per heavy atom. The fourth-order valence-corrected chi connectivity index (χ4v) is 2.54. The van der Waals surface area contributed by atoms with Crippen LogP contribution in [0.15, 0.2) is 30.3 Å². The first-order valence-electron chi connectivity index (χ1n) is 5.55. The molecule has 1 aliphatic rings. The Bertz CT molecular complexity index is 342. The van der Waals surface area contributed by atoms with Gasteiger partial charge in [0.2, 0.25) is 0 Å². The number of carboxylic acids is 1. The molecule has 0 aromatic heterocycles. The molecule has 0 bridgehead atoms. The van der Waals surface area contributed by atoms with Crippen molar-refractivity contribution in [2.24, 2.45) is 0 Å². The van der Waals surface area contributed by atoms with Crippen LogP contribution in [0.3, 0.4) is 0 Å². The predicted octanol–water partition coefficient (Wildman–Crippen LogP) is 3.39. The number of benzene rings is 1. The van der Waals surface area contributed by atoms with Gasteiger partial charge >= 0.3 is 5.97 Å². The van der Waals surface area contributed by atoms with Crippen molar-refractivity contribution in [1.29, 1.82) is 0 Å². The van der Waals surface area contributed by atoms with E-state index in [1.54, 1.807) is 0 Å². The molecule has 0 amide bonds. The summed E-state index contributed by atoms with van der Waals surface area (Å²) in [5, 5.41) is 9.44. The topological polar surface area (TPSA) is 37.3 Å². The zero-order valence-electron chi connectivity index (χ0n) is 9.19. The lowest BCUT2D eigenvalue weighted by Crippen LogP contribution is -2.37. The molecule has 1 N–H and O–H groups in total. The predicted molar refractivity (Wildman–Crippen MR) is 66.1 cm³/mol. The minimum atomic E-state index is -0.659. The minimum absolute atomic E-state index is 0. The zero-order chi connectivity index (χ0) is 10.7. The van der Waals surface area contributed by atoms with Crippen LogP contribution < -0.4 is 0 Å². The van der Waals surface area contributed by atoms with Gasteiger partial charge in [-0.3, -0.25) is 4.79 Å². The molecular formula is C13H17ClO2. The summed E-state index contributed by atoms with van der Waals surface area (Å²) in [5.41, 5.74) is 0.358. The highest BCUT2D eigenvalue weighted by atomic mass is 35.5. The molecule has 1 aromatic rings. The van der Waals surface area contributed by atoms with E-state index in [1.165, 1.54) is 6.42 Å². The van der Waals surface area contributed by atoms with Crippen LogP contribution in [-0.4, -0.2) is 11.1 Å². The smallest absolute Gasteiger partial charge is 0.314 e. The first kappa shape index (κ1) is 13.0. The quantitative estimate of drug-likeness (QED) is 0.860. The van der Waals surface area contributed by atoms with Crippen LogP contribution >= 0.6 is 12.4 Å². The second kappa shape index (κ2) is 5.35. The van der Waals surface area contributed by atoms with Crippen LogP contribution in [0.2, 0.25) is 0 Å². The summed E-state index contributed by atoms with van der Waals surface area (Å²) in [6.07, 6.45) is 4.79. The maximum Gasteiger partial charge on any atom is 0.314 e. The van der Waals surface area contributed by atoms with Crippen LogP contribution in [0, 0.1) is 0 Å². The molecule has 1 fully saturated rings. The zero-order valence-corrected chi connectivity index (χ0v) is 10.0. The lowest BCUT2D eigenvalue weighted by atomic mass is 9.69. The van der Waals surface area contributed by atoms with Crippen molar-refractivity contribution in [2.75, 3.05) is 0 Å². The van der Waals surface area contributed by atoms with Crippen LogP contribution in [0.1, 0.15) is 37.7 Å². The number of hydrogen-bond donors (Lipinski definition) is 1. The van der Waals surface area contributed by atoms with Crippen molar-refractivity contribution in [3.63, 3.8) is 0 Å². The standard InChI is InChI=1S/C13H16O2.ClH/c14-12(15)13(9-5-2-6-10-13)11-7-3-1-4-8-11;/h1,3-4,7-8H,2,5-6,9-10H2,(H,14,15);1H. The number of hydrogen-bond acceptors (Lipinski definition) is 1. The Morgan fingerprint density at radius 2 is 1.62 bits per heavy atom. The SMILES string of the molecule is Cl.O=C(O)C1(c2ccccc2)CCCCC1. The summed E-state index contributed by atoms with van der Waals surface area (Å²) < 4.78 is 0. The third-order valence-electron chi connectivity index (χ3n) is 3.44. The van der Waals surface area contributed by atoms with E-state index in [0.29, 0.717) is 0 Å². The molecule has 0 unspecified atom stereocenters. The number of halogens is 1. The molecule has 2 nitrogen and oxygen atoms in total. The van der Waals surface area contributed by atoms with Gasteiger partial charge in [-0.15, -0.1) is 12.4 Å². The second-order valence-electron chi connectivity index (χ2n) is 4.31. The van der Waals surface area contributed by atoms with Gasteiger partial charge in [0, 0.05) is 0 Å². The van der Waals surface area contributed by atoms with Crippen molar-refractivity contribution in [3.05, 3.63) is 35.9 Å². The van der Waals surface area contributed by atoms with Gasteiger partial charge in [-0.05, 0) is 18.4 Å². The van der Waals surface area contributed by atoms with Crippen molar-refractivity contribution >= 4 is 18.4 Å². The van der Waals surface area contributed by atoms with Gasteiger partial charge in [0.15, 0.2) is 0 Å². The number of rotatable bonds is 2. The van der Waals surface area contributed by atoms with Crippen molar-refractivity contribution in [3.8, 4) is 0 Å². The summed E-state index contributed by atoms with van der Waals surface area (Å²) in [5.74, 6) is -0.659. The summed E-state index contributed by atoms with van der Waals surface area (Å²) in [6.45, 7) is 0. The first-order chi connectivity index (χ1) is 7.26. The molecule has 1 aliphatic carbocycles. The van der Waals surface area contributed by atoms with Crippen LogP contribution in [0.4, 0.5) is 0 Å². The van der Waals surface area contributed by atoms with E-state index in [2.05, 4.69) is 0 Å².